The van der Waals surface area contributed by atoms with Crippen molar-refractivity contribution >= 4 is 12.6 Å². The number of ether oxygens (including phenoxy) is 1. The van der Waals surface area contributed by atoms with E-state index in [1.807, 2.05) is 30.3 Å². The van der Waals surface area contributed by atoms with Gasteiger partial charge in [-0.3, -0.25) is 0 Å². The number of rotatable bonds is 4. The zero-order chi connectivity index (χ0) is 17.4. The summed E-state index contributed by atoms with van der Waals surface area (Å²) in [7, 11) is -0.339. The lowest BCUT2D eigenvalue weighted by Crippen LogP contribution is -2.41. The van der Waals surface area contributed by atoms with Crippen LogP contribution < -0.4 is 10.2 Å². The Morgan fingerprint density at radius 3 is 2.25 bits per heavy atom. The van der Waals surface area contributed by atoms with Gasteiger partial charge in [0, 0.05) is 0 Å². The predicted octanol–water partition coefficient (Wildman–Crippen LogP) is 3.87. The molecule has 2 aromatic rings. The molecule has 126 valence electrons. The van der Waals surface area contributed by atoms with E-state index in [9.17, 15) is 0 Å². The lowest BCUT2D eigenvalue weighted by Gasteiger charge is -2.32. The molecular formula is C20H25BO3. The van der Waals surface area contributed by atoms with Gasteiger partial charge in [0.25, 0.3) is 0 Å². The molecule has 1 heterocycles. The van der Waals surface area contributed by atoms with Gasteiger partial charge in [0.05, 0.1) is 11.2 Å². The van der Waals surface area contributed by atoms with Crippen LogP contribution in [-0.4, -0.2) is 18.3 Å². The van der Waals surface area contributed by atoms with E-state index in [0.29, 0.717) is 6.61 Å². The first-order valence-corrected chi connectivity index (χ1v) is 8.41. The van der Waals surface area contributed by atoms with Crippen molar-refractivity contribution in [3.05, 3.63) is 59.7 Å². The molecule has 0 spiro atoms. The quantitative estimate of drug-likeness (QED) is 0.799. The maximum absolute atomic E-state index is 6.12. The minimum atomic E-state index is -0.339. The summed E-state index contributed by atoms with van der Waals surface area (Å²) >= 11 is 0. The number of benzene rings is 2. The molecule has 4 heteroatoms. The average Bonchev–Trinajstić information content (AvgIpc) is 2.75. The van der Waals surface area contributed by atoms with Crippen molar-refractivity contribution in [2.24, 2.45) is 0 Å². The third-order valence-corrected chi connectivity index (χ3v) is 4.96. The Bertz CT molecular complexity index is 708. The normalized spacial score (nSPS) is 18.6. The third kappa shape index (κ3) is 3.35. The lowest BCUT2D eigenvalue weighted by molar-refractivity contribution is 0.00578. The zero-order valence-electron chi connectivity index (χ0n) is 15.1. The fraction of sp³-hybridized carbons (Fsp3) is 0.400. The number of para-hydroxylation sites is 1. The largest absolute Gasteiger partial charge is 0.494 e. The standard InChI is InChI=1S/C20H25BO3/c1-15-9-6-7-12-18(15)22-14-16-10-8-11-17(13-16)21-23-19(2,3)20(4,5)24-21/h6-13H,14H2,1-5H3. The van der Waals surface area contributed by atoms with E-state index in [-0.39, 0.29) is 18.3 Å². The number of hydrogen-bond acceptors (Lipinski definition) is 3. The molecule has 3 nitrogen and oxygen atoms in total. The highest BCUT2D eigenvalue weighted by molar-refractivity contribution is 6.62. The Morgan fingerprint density at radius 1 is 0.917 bits per heavy atom. The van der Waals surface area contributed by atoms with E-state index in [4.69, 9.17) is 14.0 Å². The summed E-state index contributed by atoms with van der Waals surface area (Å²) in [6.07, 6.45) is 0. The first-order chi connectivity index (χ1) is 11.3. The first-order valence-electron chi connectivity index (χ1n) is 8.41. The van der Waals surface area contributed by atoms with Gasteiger partial charge in [-0.15, -0.1) is 0 Å². The van der Waals surface area contributed by atoms with Gasteiger partial charge in [-0.2, -0.15) is 0 Å². The second-order valence-electron chi connectivity index (χ2n) is 7.39. The monoisotopic (exact) mass is 324 g/mol. The highest BCUT2D eigenvalue weighted by Crippen LogP contribution is 2.36. The van der Waals surface area contributed by atoms with Crippen LogP contribution in [0.4, 0.5) is 0 Å². The van der Waals surface area contributed by atoms with Gasteiger partial charge >= 0.3 is 7.12 Å². The van der Waals surface area contributed by atoms with Crippen LogP contribution in [0, 0.1) is 6.92 Å². The van der Waals surface area contributed by atoms with Crippen LogP contribution in [-0.2, 0) is 15.9 Å². The first kappa shape index (κ1) is 17.1. The Morgan fingerprint density at radius 2 is 1.58 bits per heavy atom. The van der Waals surface area contributed by atoms with Gasteiger partial charge in [-0.05, 0) is 57.3 Å². The van der Waals surface area contributed by atoms with Gasteiger partial charge in [-0.1, -0.05) is 42.5 Å². The predicted molar refractivity (Wildman–Crippen MR) is 97.7 cm³/mol. The van der Waals surface area contributed by atoms with Crippen LogP contribution in [0.5, 0.6) is 5.75 Å². The molecule has 0 amide bonds. The van der Waals surface area contributed by atoms with E-state index in [1.54, 1.807) is 0 Å². The van der Waals surface area contributed by atoms with Crippen molar-refractivity contribution in [2.75, 3.05) is 0 Å². The van der Waals surface area contributed by atoms with Crippen LogP contribution in [0.1, 0.15) is 38.8 Å². The fourth-order valence-electron chi connectivity index (χ4n) is 2.69. The smallest absolute Gasteiger partial charge is 0.489 e. The summed E-state index contributed by atoms with van der Waals surface area (Å²) in [5, 5.41) is 0. The second kappa shape index (κ2) is 6.27. The number of hydrogen-bond donors (Lipinski definition) is 0. The summed E-state index contributed by atoms with van der Waals surface area (Å²) in [5.74, 6) is 0.915. The highest BCUT2D eigenvalue weighted by Gasteiger charge is 2.51. The van der Waals surface area contributed by atoms with E-state index in [0.717, 1.165) is 22.3 Å². The SMILES string of the molecule is Cc1ccccc1OCc1cccc(B2OC(C)(C)C(C)(C)O2)c1. The maximum atomic E-state index is 6.12. The summed E-state index contributed by atoms with van der Waals surface area (Å²) in [4.78, 5) is 0. The molecule has 0 bridgehead atoms. The molecular weight excluding hydrogens is 299 g/mol. The molecule has 0 aliphatic carbocycles. The van der Waals surface area contributed by atoms with Crippen molar-refractivity contribution in [1.29, 1.82) is 0 Å². The minimum absolute atomic E-state index is 0.328. The van der Waals surface area contributed by atoms with Gasteiger partial charge in [0.2, 0.25) is 0 Å². The topological polar surface area (TPSA) is 27.7 Å². The maximum Gasteiger partial charge on any atom is 0.494 e. The van der Waals surface area contributed by atoms with Gasteiger partial charge in [-0.25, -0.2) is 0 Å². The summed E-state index contributed by atoms with van der Waals surface area (Å²) in [6.45, 7) is 10.8. The molecule has 1 aliphatic rings. The summed E-state index contributed by atoms with van der Waals surface area (Å²) in [5.41, 5.74) is 2.61. The van der Waals surface area contributed by atoms with Gasteiger partial charge in [0.15, 0.2) is 0 Å². The van der Waals surface area contributed by atoms with Crippen molar-refractivity contribution in [3.63, 3.8) is 0 Å². The molecule has 0 unspecified atom stereocenters. The van der Waals surface area contributed by atoms with Crippen molar-refractivity contribution in [3.8, 4) is 5.75 Å². The Labute approximate surface area is 145 Å². The third-order valence-electron chi connectivity index (χ3n) is 4.96. The lowest BCUT2D eigenvalue weighted by atomic mass is 9.78. The molecule has 1 saturated heterocycles. The average molecular weight is 324 g/mol. The van der Waals surface area contributed by atoms with Gasteiger partial charge < -0.3 is 14.0 Å². The minimum Gasteiger partial charge on any atom is -0.489 e. The molecule has 0 N–H and O–H groups in total. The van der Waals surface area contributed by atoms with Crippen LogP contribution >= 0.6 is 0 Å². The molecule has 0 atom stereocenters. The Balaban J connectivity index is 1.72. The van der Waals surface area contributed by atoms with Gasteiger partial charge in [0.1, 0.15) is 12.4 Å². The molecule has 3 rings (SSSR count). The molecule has 0 aromatic heterocycles. The van der Waals surface area contributed by atoms with E-state index in [2.05, 4.69) is 52.8 Å². The van der Waals surface area contributed by atoms with Crippen molar-refractivity contribution < 1.29 is 14.0 Å². The number of aryl methyl sites for hydroxylation is 1. The zero-order valence-corrected chi connectivity index (χ0v) is 15.1. The molecule has 0 saturated carbocycles. The van der Waals surface area contributed by atoms with Crippen LogP contribution in [0.25, 0.3) is 0 Å². The molecule has 0 radical (unpaired) electrons. The van der Waals surface area contributed by atoms with E-state index >= 15 is 0 Å². The van der Waals surface area contributed by atoms with Crippen molar-refractivity contribution in [1.82, 2.24) is 0 Å². The van der Waals surface area contributed by atoms with Crippen molar-refractivity contribution in [2.45, 2.75) is 52.4 Å². The Hall–Kier alpha value is -1.78. The molecule has 1 aliphatic heterocycles. The van der Waals surface area contributed by atoms with Crippen LogP contribution in [0.15, 0.2) is 48.5 Å². The highest BCUT2D eigenvalue weighted by atomic mass is 16.7. The molecule has 24 heavy (non-hydrogen) atoms. The van der Waals surface area contributed by atoms with Crippen LogP contribution in [0.3, 0.4) is 0 Å². The molecule has 1 fully saturated rings. The van der Waals surface area contributed by atoms with Crippen LogP contribution in [0.2, 0.25) is 0 Å². The summed E-state index contributed by atoms with van der Waals surface area (Å²) in [6, 6.07) is 16.3. The summed E-state index contributed by atoms with van der Waals surface area (Å²) < 4.78 is 18.2. The second-order valence-corrected chi connectivity index (χ2v) is 7.39. The van der Waals surface area contributed by atoms with E-state index < -0.39 is 0 Å². The van der Waals surface area contributed by atoms with E-state index in [1.165, 1.54) is 0 Å². The Kier molecular flexibility index (Phi) is 4.45. The fourth-order valence-corrected chi connectivity index (χ4v) is 2.69. The molecule has 2 aromatic carbocycles.